The first kappa shape index (κ1) is 19.9. The molecule has 0 unspecified atom stereocenters. The van der Waals surface area contributed by atoms with E-state index in [4.69, 9.17) is 11.6 Å². The third-order valence-electron chi connectivity index (χ3n) is 5.33. The molecule has 146 valence electrons. The number of carbonyl (C=O) groups is 2. The summed E-state index contributed by atoms with van der Waals surface area (Å²) in [6.45, 7) is 7.21. The second-order valence-electron chi connectivity index (χ2n) is 7.38. The Labute approximate surface area is 166 Å². The lowest BCUT2D eigenvalue weighted by atomic mass is 10.1. The number of aryl methyl sites for hydroxylation is 1. The molecule has 6 heteroatoms. The molecular formula is C21H28ClN3O2. The van der Waals surface area contributed by atoms with Crippen LogP contribution in [0.25, 0.3) is 6.08 Å². The molecule has 0 aliphatic carbocycles. The highest BCUT2D eigenvalue weighted by atomic mass is 35.5. The van der Waals surface area contributed by atoms with Crippen molar-refractivity contribution in [2.75, 3.05) is 45.8 Å². The van der Waals surface area contributed by atoms with Crippen LogP contribution in [-0.2, 0) is 9.59 Å². The second kappa shape index (κ2) is 9.38. The van der Waals surface area contributed by atoms with Gasteiger partial charge in [-0.15, -0.1) is 0 Å². The predicted octanol–water partition coefficient (Wildman–Crippen LogP) is 2.82. The van der Waals surface area contributed by atoms with E-state index in [1.807, 2.05) is 41.0 Å². The van der Waals surface area contributed by atoms with Gasteiger partial charge in [0.25, 0.3) is 0 Å². The molecule has 0 atom stereocenters. The highest BCUT2D eigenvalue weighted by molar-refractivity contribution is 6.31. The van der Waals surface area contributed by atoms with Gasteiger partial charge in [0.05, 0.1) is 6.54 Å². The predicted molar refractivity (Wildman–Crippen MR) is 109 cm³/mol. The van der Waals surface area contributed by atoms with Crippen molar-refractivity contribution in [1.29, 1.82) is 0 Å². The monoisotopic (exact) mass is 389 g/mol. The summed E-state index contributed by atoms with van der Waals surface area (Å²) in [6.07, 6.45) is 6.56. The molecule has 0 spiro atoms. The fourth-order valence-electron chi connectivity index (χ4n) is 3.59. The average molecular weight is 390 g/mol. The Hall–Kier alpha value is -1.85. The fraction of sp³-hybridized carbons (Fsp3) is 0.524. The van der Waals surface area contributed by atoms with Gasteiger partial charge >= 0.3 is 0 Å². The third-order valence-corrected chi connectivity index (χ3v) is 5.74. The Morgan fingerprint density at radius 2 is 1.74 bits per heavy atom. The zero-order valence-electron chi connectivity index (χ0n) is 16.0. The van der Waals surface area contributed by atoms with Crippen LogP contribution >= 0.6 is 11.6 Å². The molecule has 2 amide bonds. The van der Waals surface area contributed by atoms with Crippen LogP contribution in [0.5, 0.6) is 0 Å². The molecule has 2 fully saturated rings. The Balaban J connectivity index is 1.50. The first-order valence-electron chi connectivity index (χ1n) is 9.76. The molecule has 1 aromatic rings. The number of halogens is 1. The second-order valence-corrected chi connectivity index (χ2v) is 7.79. The van der Waals surface area contributed by atoms with Gasteiger partial charge in [-0.2, -0.15) is 0 Å². The van der Waals surface area contributed by atoms with E-state index < -0.39 is 0 Å². The van der Waals surface area contributed by atoms with E-state index in [1.54, 1.807) is 6.08 Å². The van der Waals surface area contributed by atoms with Gasteiger partial charge in [-0.1, -0.05) is 23.7 Å². The van der Waals surface area contributed by atoms with Crippen molar-refractivity contribution in [2.45, 2.75) is 26.2 Å². The molecule has 0 N–H and O–H groups in total. The minimum absolute atomic E-state index is 0.0133. The summed E-state index contributed by atoms with van der Waals surface area (Å²) in [5.74, 6) is 0.239. The molecule has 2 heterocycles. The van der Waals surface area contributed by atoms with Crippen molar-refractivity contribution in [3.8, 4) is 0 Å². The van der Waals surface area contributed by atoms with E-state index in [2.05, 4.69) is 4.90 Å². The molecule has 2 aliphatic heterocycles. The lowest BCUT2D eigenvalue weighted by molar-refractivity contribution is -0.131. The minimum Gasteiger partial charge on any atom is -0.342 e. The SMILES string of the molecule is Cc1ccc(/C=C/C(=O)N2CCCN(CC(=O)N3CCCC3)CC2)cc1Cl. The highest BCUT2D eigenvalue weighted by Crippen LogP contribution is 2.17. The van der Waals surface area contributed by atoms with Gasteiger partial charge in [0.15, 0.2) is 0 Å². The molecule has 3 rings (SSSR count). The van der Waals surface area contributed by atoms with Gasteiger partial charge < -0.3 is 9.80 Å². The number of likely N-dealkylation sites (tertiary alicyclic amines) is 1. The first-order valence-corrected chi connectivity index (χ1v) is 10.1. The molecule has 0 aromatic heterocycles. The number of amides is 2. The van der Waals surface area contributed by atoms with Crippen LogP contribution in [0.15, 0.2) is 24.3 Å². The number of carbonyl (C=O) groups excluding carboxylic acids is 2. The molecule has 0 saturated carbocycles. The van der Waals surface area contributed by atoms with Crippen molar-refractivity contribution in [3.05, 3.63) is 40.4 Å². The van der Waals surface area contributed by atoms with E-state index in [0.29, 0.717) is 18.1 Å². The number of nitrogens with zero attached hydrogens (tertiary/aromatic N) is 3. The third kappa shape index (κ3) is 5.56. The quantitative estimate of drug-likeness (QED) is 0.744. The summed E-state index contributed by atoms with van der Waals surface area (Å²) in [5.41, 5.74) is 1.95. The summed E-state index contributed by atoms with van der Waals surface area (Å²) < 4.78 is 0. The standard InChI is InChI=1S/C21H28ClN3O2/c1-17-5-6-18(15-19(17)22)7-8-20(26)25-12-4-9-23(13-14-25)16-21(27)24-10-2-3-11-24/h5-8,15H,2-4,9-14,16H2,1H3/b8-7+. The van der Waals surface area contributed by atoms with E-state index in [1.165, 1.54) is 0 Å². The summed E-state index contributed by atoms with van der Waals surface area (Å²) >= 11 is 6.14. The Kier molecular flexibility index (Phi) is 6.91. The van der Waals surface area contributed by atoms with Gasteiger partial charge in [0, 0.05) is 50.4 Å². The van der Waals surface area contributed by atoms with E-state index in [9.17, 15) is 9.59 Å². The van der Waals surface area contributed by atoms with Gasteiger partial charge in [-0.25, -0.2) is 0 Å². The molecule has 27 heavy (non-hydrogen) atoms. The number of hydrogen-bond acceptors (Lipinski definition) is 3. The fourth-order valence-corrected chi connectivity index (χ4v) is 3.78. The topological polar surface area (TPSA) is 43.9 Å². The number of hydrogen-bond donors (Lipinski definition) is 0. The van der Waals surface area contributed by atoms with Gasteiger partial charge in [-0.05, 0) is 49.5 Å². The smallest absolute Gasteiger partial charge is 0.246 e. The van der Waals surface area contributed by atoms with Crippen LogP contribution < -0.4 is 0 Å². The van der Waals surface area contributed by atoms with Crippen molar-refractivity contribution in [3.63, 3.8) is 0 Å². The Bertz CT molecular complexity index is 713. The molecular weight excluding hydrogens is 362 g/mol. The van der Waals surface area contributed by atoms with Crippen LogP contribution in [0, 0.1) is 6.92 Å². The summed E-state index contributed by atoms with van der Waals surface area (Å²) in [5, 5.41) is 0.706. The highest BCUT2D eigenvalue weighted by Gasteiger charge is 2.23. The maximum absolute atomic E-state index is 12.5. The molecule has 2 aliphatic rings. The van der Waals surface area contributed by atoms with Crippen LogP contribution in [0.3, 0.4) is 0 Å². The Morgan fingerprint density at radius 3 is 2.48 bits per heavy atom. The maximum Gasteiger partial charge on any atom is 0.246 e. The van der Waals surface area contributed by atoms with E-state index in [0.717, 1.165) is 63.1 Å². The minimum atomic E-state index is 0.0133. The zero-order valence-corrected chi connectivity index (χ0v) is 16.7. The van der Waals surface area contributed by atoms with Gasteiger partial charge in [0.1, 0.15) is 0 Å². The van der Waals surface area contributed by atoms with E-state index in [-0.39, 0.29) is 11.8 Å². The lowest BCUT2D eigenvalue weighted by Crippen LogP contribution is -2.41. The lowest BCUT2D eigenvalue weighted by Gasteiger charge is -2.23. The normalized spacial score (nSPS) is 18.9. The average Bonchev–Trinajstić information content (AvgIpc) is 3.10. The molecule has 0 bridgehead atoms. The van der Waals surface area contributed by atoms with Crippen LogP contribution in [0.1, 0.15) is 30.4 Å². The van der Waals surface area contributed by atoms with Crippen LogP contribution in [0.2, 0.25) is 5.02 Å². The Morgan fingerprint density at radius 1 is 1.00 bits per heavy atom. The maximum atomic E-state index is 12.5. The molecule has 5 nitrogen and oxygen atoms in total. The zero-order chi connectivity index (χ0) is 19.2. The summed E-state index contributed by atoms with van der Waals surface area (Å²) in [7, 11) is 0. The largest absolute Gasteiger partial charge is 0.342 e. The molecule has 1 aromatic carbocycles. The van der Waals surface area contributed by atoms with Crippen molar-refractivity contribution >= 4 is 29.5 Å². The van der Waals surface area contributed by atoms with Crippen molar-refractivity contribution in [1.82, 2.24) is 14.7 Å². The number of benzene rings is 1. The molecule has 0 radical (unpaired) electrons. The van der Waals surface area contributed by atoms with Crippen LogP contribution in [-0.4, -0.2) is 72.3 Å². The molecule has 2 saturated heterocycles. The van der Waals surface area contributed by atoms with Crippen molar-refractivity contribution in [2.24, 2.45) is 0 Å². The van der Waals surface area contributed by atoms with E-state index >= 15 is 0 Å². The van der Waals surface area contributed by atoms with Gasteiger partial charge in [-0.3, -0.25) is 14.5 Å². The summed E-state index contributed by atoms with van der Waals surface area (Å²) in [4.78, 5) is 30.9. The number of rotatable bonds is 4. The van der Waals surface area contributed by atoms with Gasteiger partial charge in [0.2, 0.25) is 11.8 Å². The first-order chi connectivity index (χ1) is 13.0. The summed E-state index contributed by atoms with van der Waals surface area (Å²) in [6, 6.07) is 5.78. The van der Waals surface area contributed by atoms with Crippen LogP contribution in [0.4, 0.5) is 0 Å². The van der Waals surface area contributed by atoms with Crippen molar-refractivity contribution < 1.29 is 9.59 Å².